The summed E-state index contributed by atoms with van der Waals surface area (Å²) in [7, 11) is 0. The van der Waals surface area contributed by atoms with Crippen molar-refractivity contribution >= 4 is 17.7 Å². The van der Waals surface area contributed by atoms with Gasteiger partial charge in [0.05, 0.1) is 11.6 Å². The van der Waals surface area contributed by atoms with E-state index in [2.05, 4.69) is 5.32 Å². The molecule has 1 rings (SSSR count). The van der Waals surface area contributed by atoms with Crippen LogP contribution in [-0.4, -0.2) is 35.1 Å². The van der Waals surface area contributed by atoms with Crippen molar-refractivity contribution in [2.75, 3.05) is 18.4 Å². The van der Waals surface area contributed by atoms with Gasteiger partial charge in [-0.2, -0.15) is 0 Å². The van der Waals surface area contributed by atoms with Gasteiger partial charge < -0.3 is 15.3 Å². The van der Waals surface area contributed by atoms with Crippen LogP contribution in [0.1, 0.15) is 13.8 Å². The van der Waals surface area contributed by atoms with Crippen LogP contribution >= 0.6 is 0 Å². The van der Waals surface area contributed by atoms with Crippen LogP contribution in [-0.2, 0) is 4.79 Å². The summed E-state index contributed by atoms with van der Waals surface area (Å²) in [6.45, 7) is 3.35. The number of carbonyl (C=O) groups is 2. The predicted molar refractivity (Wildman–Crippen MR) is 69.4 cm³/mol. The Balaban J connectivity index is 2.77. The van der Waals surface area contributed by atoms with Crippen molar-refractivity contribution in [3.05, 3.63) is 29.8 Å². The van der Waals surface area contributed by atoms with Gasteiger partial charge >= 0.3 is 12.0 Å². The van der Waals surface area contributed by atoms with Crippen LogP contribution in [0.25, 0.3) is 0 Å². The largest absolute Gasteiger partial charge is 0.481 e. The third kappa shape index (κ3) is 4.18. The van der Waals surface area contributed by atoms with E-state index in [1.54, 1.807) is 6.92 Å². The standard InChI is InChI=1S/C13H16F2N2O3/c1-3-17(7-8(2)12(18)19)13(20)16-11-6-9(14)4-5-10(11)15/h4-6,8H,3,7H2,1-2H3,(H,16,20)(H,18,19). The van der Waals surface area contributed by atoms with Crippen molar-refractivity contribution in [3.63, 3.8) is 0 Å². The van der Waals surface area contributed by atoms with Crippen LogP contribution in [0.4, 0.5) is 19.3 Å². The summed E-state index contributed by atoms with van der Waals surface area (Å²) in [4.78, 5) is 23.9. The van der Waals surface area contributed by atoms with E-state index in [1.807, 2.05) is 0 Å². The van der Waals surface area contributed by atoms with Crippen molar-refractivity contribution in [1.29, 1.82) is 0 Å². The van der Waals surface area contributed by atoms with Crippen LogP contribution < -0.4 is 5.32 Å². The molecule has 0 spiro atoms. The maximum absolute atomic E-state index is 13.4. The van der Waals surface area contributed by atoms with Crippen LogP contribution in [0.5, 0.6) is 0 Å². The Bertz CT molecular complexity index is 508. The second kappa shape index (κ2) is 6.83. The number of aliphatic carboxylic acids is 1. The minimum atomic E-state index is -1.03. The van der Waals surface area contributed by atoms with E-state index in [9.17, 15) is 18.4 Å². The zero-order valence-electron chi connectivity index (χ0n) is 11.2. The molecule has 1 unspecified atom stereocenters. The van der Waals surface area contributed by atoms with E-state index >= 15 is 0 Å². The van der Waals surface area contributed by atoms with Gasteiger partial charge in [0.25, 0.3) is 0 Å². The number of carboxylic acid groups (broad SMARTS) is 1. The third-order valence-corrected chi connectivity index (χ3v) is 2.75. The molecule has 2 amide bonds. The van der Waals surface area contributed by atoms with Crippen molar-refractivity contribution < 1.29 is 23.5 Å². The molecule has 0 aliphatic carbocycles. The maximum atomic E-state index is 13.4. The van der Waals surface area contributed by atoms with E-state index in [1.165, 1.54) is 11.8 Å². The number of halogens is 2. The highest BCUT2D eigenvalue weighted by molar-refractivity contribution is 5.89. The summed E-state index contributed by atoms with van der Waals surface area (Å²) in [6.07, 6.45) is 0. The number of hydrogen-bond acceptors (Lipinski definition) is 2. The normalized spacial score (nSPS) is 11.8. The summed E-state index contributed by atoms with van der Waals surface area (Å²) in [5, 5.41) is 11.0. The Morgan fingerprint density at radius 2 is 2.05 bits per heavy atom. The summed E-state index contributed by atoms with van der Waals surface area (Å²) >= 11 is 0. The second-order valence-corrected chi connectivity index (χ2v) is 4.33. The van der Waals surface area contributed by atoms with E-state index in [-0.39, 0.29) is 18.8 Å². The summed E-state index contributed by atoms with van der Waals surface area (Å²) in [5.41, 5.74) is -0.281. The monoisotopic (exact) mass is 286 g/mol. The molecular formula is C13H16F2N2O3. The molecule has 7 heteroatoms. The number of nitrogens with one attached hydrogen (secondary N) is 1. The smallest absolute Gasteiger partial charge is 0.321 e. The fourth-order valence-electron chi connectivity index (χ4n) is 1.55. The summed E-state index contributed by atoms with van der Waals surface area (Å²) in [6, 6.07) is 2.03. The van der Waals surface area contributed by atoms with E-state index in [4.69, 9.17) is 5.11 Å². The SMILES string of the molecule is CCN(CC(C)C(=O)O)C(=O)Nc1cc(F)ccc1F. The molecule has 0 saturated heterocycles. The lowest BCUT2D eigenvalue weighted by Crippen LogP contribution is -2.39. The van der Waals surface area contributed by atoms with Crippen LogP contribution in [0, 0.1) is 17.6 Å². The lowest BCUT2D eigenvalue weighted by molar-refractivity contribution is -0.141. The van der Waals surface area contributed by atoms with Gasteiger partial charge in [0.15, 0.2) is 0 Å². The Morgan fingerprint density at radius 1 is 1.40 bits per heavy atom. The zero-order chi connectivity index (χ0) is 15.3. The van der Waals surface area contributed by atoms with Crippen LogP contribution in [0.2, 0.25) is 0 Å². The molecule has 1 aromatic carbocycles. The Hall–Kier alpha value is -2.18. The molecule has 0 fully saturated rings. The fraction of sp³-hybridized carbons (Fsp3) is 0.385. The van der Waals surface area contributed by atoms with Crippen molar-refractivity contribution in [1.82, 2.24) is 4.90 Å². The van der Waals surface area contributed by atoms with Crippen molar-refractivity contribution in [2.24, 2.45) is 5.92 Å². The number of hydrogen-bond donors (Lipinski definition) is 2. The average molecular weight is 286 g/mol. The molecule has 1 atom stereocenters. The molecule has 5 nitrogen and oxygen atoms in total. The minimum Gasteiger partial charge on any atom is -0.481 e. The summed E-state index contributed by atoms with van der Waals surface area (Å²) < 4.78 is 26.4. The molecule has 0 aliphatic rings. The third-order valence-electron chi connectivity index (χ3n) is 2.75. The number of carboxylic acids is 1. The molecule has 0 bridgehead atoms. The van der Waals surface area contributed by atoms with Crippen LogP contribution in [0.15, 0.2) is 18.2 Å². The van der Waals surface area contributed by atoms with Crippen molar-refractivity contribution in [2.45, 2.75) is 13.8 Å². The van der Waals surface area contributed by atoms with Gasteiger partial charge in [-0.3, -0.25) is 4.79 Å². The molecule has 0 aromatic heterocycles. The minimum absolute atomic E-state index is 0.0192. The van der Waals surface area contributed by atoms with E-state index in [0.717, 1.165) is 18.2 Å². The topological polar surface area (TPSA) is 69.6 Å². The number of carbonyl (C=O) groups excluding carboxylic acids is 1. The predicted octanol–water partition coefficient (Wildman–Crippen LogP) is 2.54. The first-order valence-electron chi connectivity index (χ1n) is 6.09. The average Bonchev–Trinajstić information content (AvgIpc) is 2.39. The quantitative estimate of drug-likeness (QED) is 0.874. The first-order valence-corrected chi connectivity index (χ1v) is 6.09. The van der Waals surface area contributed by atoms with Gasteiger partial charge in [-0.05, 0) is 19.1 Å². The Morgan fingerprint density at radius 3 is 2.60 bits per heavy atom. The van der Waals surface area contributed by atoms with Gasteiger partial charge in [0.1, 0.15) is 11.6 Å². The molecule has 20 heavy (non-hydrogen) atoms. The molecule has 2 N–H and O–H groups in total. The van der Waals surface area contributed by atoms with E-state index < -0.39 is 29.6 Å². The van der Waals surface area contributed by atoms with Crippen LogP contribution in [0.3, 0.4) is 0 Å². The molecule has 110 valence electrons. The number of amides is 2. The van der Waals surface area contributed by atoms with Gasteiger partial charge in [-0.1, -0.05) is 6.92 Å². The summed E-state index contributed by atoms with van der Waals surface area (Å²) in [5.74, 6) is -3.23. The fourth-order valence-corrected chi connectivity index (χ4v) is 1.55. The maximum Gasteiger partial charge on any atom is 0.321 e. The Kier molecular flexibility index (Phi) is 5.42. The Labute approximate surface area is 115 Å². The zero-order valence-corrected chi connectivity index (χ0v) is 11.2. The van der Waals surface area contributed by atoms with Gasteiger partial charge in [-0.25, -0.2) is 13.6 Å². The molecule has 0 radical (unpaired) electrons. The van der Waals surface area contributed by atoms with Gasteiger partial charge in [0, 0.05) is 19.2 Å². The highest BCUT2D eigenvalue weighted by atomic mass is 19.1. The number of nitrogens with zero attached hydrogens (tertiary/aromatic N) is 1. The first kappa shape index (κ1) is 15.9. The number of benzene rings is 1. The molecule has 1 aromatic rings. The highest BCUT2D eigenvalue weighted by Gasteiger charge is 2.20. The van der Waals surface area contributed by atoms with E-state index in [0.29, 0.717) is 0 Å². The molecular weight excluding hydrogens is 270 g/mol. The lowest BCUT2D eigenvalue weighted by atomic mass is 10.2. The van der Waals surface area contributed by atoms with Crippen molar-refractivity contribution in [3.8, 4) is 0 Å². The lowest BCUT2D eigenvalue weighted by Gasteiger charge is -2.23. The number of anilines is 1. The molecule has 0 aliphatic heterocycles. The number of rotatable bonds is 5. The second-order valence-electron chi connectivity index (χ2n) is 4.33. The number of urea groups is 1. The van der Waals surface area contributed by atoms with Gasteiger partial charge in [0.2, 0.25) is 0 Å². The van der Waals surface area contributed by atoms with Gasteiger partial charge in [-0.15, -0.1) is 0 Å². The molecule has 0 saturated carbocycles. The molecule has 0 heterocycles. The highest BCUT2D eigenvalue weighted by Crippen LogP contribution is 2.16. The first-order chi connectivity index (χ1) is 9.35.